The van der Waals surface area contributed by atoms with Crippen LogP contribution in [0.3, 0.4) is 0 Å². The third-order valence-electron chi connectivity index (χ3n) is 1.28. The Kier molecular flexibility index (Phi) is 3.96. The van der Waals surface area contributed by atoms with E-state index in [-0.39, 0.29) is 5.60 Å². The van der Waals surface area contributed by atoms with Crippen molar-refractivity contribution in [2.24, 2.45) is 0 Å². The molecule has 0 radical (unpaired) electrons. The molecule has 2 nitrogen and oxygen atoms in total. The molecular formula is C8H14O2. The summed E-state index contributed by atoms with van der Waals surface area (Å²) in [4.78, 5) is 9.89. The number of carbonyl (C=O) groups is 1. The predicted octanol–water partition coefficient (Wildman–Crippen LogP) is 1.56. The summed E-state index contributed by atoms with van der Waals surface area (Å²) in [6, 6.07) is 0. The molecule has 10 heavy (non-hydrogen) atoms. The minimum Gasteiger partial charge on any atom is -0.375 e. The normalized spacial score (nSPS) is 12.3. The highest BCUT2D eigenvalue weighted by atomic mass is 16.5. The highest BCUT2D eigenvalue weighted by Gasteiger charge is 2.09. The molecule has 0 N–H and O–H groups in total. The van der Waals surface area contributed by atoms with Crippen LogP contribution in [0.2, 0.25) is 0 Å². The second-order valence-corrected chi connectivity index (χ2v) is 2.61. The van der Waals surface area contributed by atoms with Gasteiger partial charge in [0.2, 0.25) is 0 Å². The molecule has 0 bridgehead atoms. The van der Waals surface area contributed by atoms with Gasteiger partial charge in [-0.2, -0.15) is 0 Å². The number of rotatable bonds is 4. The number of methoxy groups -OCH3 is 1. The summed E-state index contributed by atoms with van der Waals surface area (Å²) < 4.78 is 5.08. The predicted molar refractivity (Wildman–Crippen MR) is 40.9 cm³/mol. The van der Waals surface area contributed by atoms with E-state index in [9.17, 15) is 4.79 Å². The molecule has 0 atom stereocenters. The van der Waals surface area contributed by atoms with Gasteiger partial charge in [-0.3, -0.25) is 0 Å². The summed E-state index contributed by atoms with van der Waals surface area (Å²) in [6.07, 6.45) is 5.01. The lowest BCUT2D eigenvalue weighted by atomic mass is 10.1. The molecule has 0 amide bonds. The highest BCUT2D eigenvalue weighted by molar-refractivity contribution is 5.51. The fourth-order valence-corrected chi connectivity index (χ4v) is 0.475. The van der Waals surface area contributed by atoms with E-state index in [0.29, 0.717) is 6.42 Å². The second kappa shape index (κ2) is 4.23. The summed E-state index contributed by atoms with van der Waals surface area (Å²) in [5.74, 6) is 0. The maximum absolute atomic E-state index is 9.89. The second-order valence-electron chi connectivity index (χ2n) is 2.61. The Morgan fingerprint density at radius 1 is 1.50 bits per heavy atom. The van der Waals surface area contributed by atoms with Gasteiger partial charge in [0.25, 0.3) is 0 Å². The van der Waals surface area contributed by atoms with E-state index in [1.54, 1.807) is 13.2 Å². The molecule has 0 aliphatic rings. The topological polar surface area (TPSA) is 26.3 Å². The summed E-state index contributed by atoms with van der Waals surface area (Å²) in [5, 5.41) is 0. The lowest BCUT2D eigenvalue weighted by molar-refractivity contribution is -0.107. The van der Waals surface area contributed by atoms with E-state index in [4.69, 9.17) is 4.74 Å². The Balaban J connectivity index is 3.73. The van der Waals surface area contributed by atoms with Crippen molar-refractivity contribution in [3.05, 3.63) is 12.2 Å². The first kappa shape index (κ1) is 9.37. The number of ether oxygens (including phenoxy) is 1. The third-order valence-corrected chi connectivity index (χ3v) is 1.28. The standard InChI is InChI=1S/C8H14O2/c1-8(2,10-3)6-4-5-7-9/h4,6-7H,5H2,1-3H3. The molecule has 0 spiro atoms. The molecule has 0 aliphatic carbocycles. The summed E-state index contributed by atoms with van der Waals surface area (Å²) in [5.41, 5.74) is -0.247. The zero-order valence-corrected chi connectivity index (χ0v) is 6.76. The van der Waals surface area contributed by atoms with E-state index in [1.165, 1.54) is 0 Å². The van der Waals surface area contributed by atoms with Crippen LogP contribution in [0.15, 0.2) is 12.2 Å². The van der Waals surface area contributed by atoms with Crippen molar-refractivity contribution in [2.45, 2.75) is 25.9 Å². The smallest absolute Gasteiger partial charge is 0.123 e. The minimum absolute atomic E-state index is 0.247. The van der Waals surface area contributed by atoms with Gasteiger partial charge in [0.15, 0.2) is 0 Å². The van der Waals surface area contributed by atoms with Gasteiger partial charge in [0.1, 0.15) is 6.29 Å². The van der Waals surface area contributed by atoms with Crippen molar-refractivity contribution in [1.82, 2.24) is 0 Å². The fraction of sp³-hybridized carbons (Fsp3) is 0.625. The lowest BCUT2D eigenvalue weighted by Gasteiger charge is -2.17. The number of allylic oxidation sites excluding steroid dienone is 1. The van der Waals surface area contributed by atoms with Crippen LogP contribution in [0.1, 0.15) is 20.3 Å². The number of hydrogen-bond acceptors (Lipinski definition) is 2. The average Bonchev–Trinajstić information content (AvgIpc) is 1.89. The Morgan fingerprint density at radius 2 is 2.10 bits per heavy atom. The Hall–Kier alpha value is -0.630. The Labute approximate surface area is 61.9 Å². The van der Waals surface area contributed by atoms with Crippen LogP contribution in [-0.2, 0) is 9.53 Å². The van der Waals surface area contributed by atoms with Crippen molar-refractivity contribution in [3.63, 3.8) is 0 Å². The molecule has 0 saturated heterocycles. The van der Waals surface area contributed by atoms with Crippen molar-refractivity contribution < 1.29 is 9.53 Å². The fourth-order valence-electron chi connectivity index (χ4n) is 0.475. The molecule has 0 fully saturated rings. The molecule has 0 saturated carbocycles. The quantitative estimate of drug-likeness (QED) is 0.440. The molecule has 0 heterocycles. The van der Waals surface area contributed by atoms with Gasteiger partial charge in [0.05, 0.1) is 5.60 Å². The maximum atomic E-state index is 9.89. The SMILES string of the molecule is COC(C)(C)C=CCC=O. The van der Waals surface area contributed by atoms with Gasteiger partial charge < -0.3 is 9.53 Å². The summed E-state index contributed by atoms with van der Waals surface area (Å²) >= 11 is 0. The Bertz CT molecular complexity index is 125. The van der Waals surface area contributed by atoms with Gasteiger partial charge in [0, 0.05) is 13.5 Å². The first-order valence-electron chi connectivity index (χ1n) is 3.29. The average molecular weight is 142 g/mol. The van der Waals surface area contributed by atoms with E-state index in [2.05, 4.69) is 0 Å². The minimum atomic E-state index is -0.247. The van der Waals surface area contributed by atoms with Crippen molar-refractivity contribution in [2.75, 3.05) is 7.11 Å². The van der Waals surface area contributed by atoms with Gasteiger partial charge in [-0.15, -0.1) is 0 Å². The number of carbonyl (C=O) groups excluding carboxylic acids is 1. The first-order valence-corrected chi connectivity index (χ1v) is 3.29. The molecule has 2 heteroatoms. The van der Waals surface area contributed by atoms with Crippen molar-refractivity contribution in [3.8, 4) is 0 Å². The molecule has 0 aromatic carbocycles. The van der Waals surface area contributed by atoms with E-state index in [0.717, 1.165) is 6.29 Å². The van der Waals surface area contributed by atoms with E-state index >= 15 is 0 Å². The zero-order chi connectivity index (χ0) is 8.04. The maximum Gasteiger partial charge on any atom is 0.123 e. The molecule has 0 aliphatic heterocycles. The molecular weight excluding hydrogens is 128 g/mol. The third kappa shape index (κ3) is 4.27. The van der Waals surface area contributed by atoms with Gasteiger partial charge in [-0.1, -0.05) is 12.2 Å². The van der Waals surface area contributed by atoms with E-state index in [1.807, 2.05) is 19.9 Å². The van der Waals surface area contributed by atoms with Crippen molar-refractivity contribution in [1.29, 1.82) is 0 Å². The van der Waals surface area contributed by atoms with Crippen LogP contribution < -0.4 is 0 Å². The zero-order valence-electron chi connectivity index (χ0n) is 6.76. The van der Waals surface area contributed by atoms with Gasteiger partial charge in [-0.05, 0) is 13.8 Å². The van der Waals surface area contributed by atoms with Gasteiger partial charge >= 0.3 is 0 Å². The van der Waals surface area contributed by atoms with Crippen molar-refractivity contribution >= 4 is 6.29 Å². The molecule has 58 valence electrons. The summed E-state index contributed by atoms with van der Waals surface area (Å²) in [6.45, 7) is 3.88. The van der Waals surface area contributed by atoms with Crippen LogP contribution in [0, 0.1) is 0 Å². The van der Waals surface area contributed by atoms with Crippen LogP contribution in [-0.4, -0.2) is 19.0 Å². The molecule has 0 aromatic heterocycles. The largest absolute Gasteiger partial charge is 0.375 e. The van der Waals surface area contributed by atoms with E-state index < -0.39 is 0 Å². The van der Waals surface area contributed by atoms with Crippen LogP contribution in [0.5, 0.6) is 0 Å². The molecule has 0 aromatic rings. The van der Waals surface area contributed by atoms with Crippen LogP contribution >= 0.6 is 0 Å². The van der Waals surface area contributed by atoms with Crippen LogP contribution in [0.4, 0.5) is 0 Å². The number of hydrogen-bond donors (Lipinski definition) is 0. The van der Waals surface area contributed by atoms with Crippen LogP contribution in [0.25, 0.3) is 0 Å². The van der Waals surface area contributed by atoms with Gasteiger partial charge in [-0.25, -0.2) is 0 Å². The highest BCUT2D eigenvalue weighted by Crippen LogP contribution is 2.08. The first-order chi connectivity index (χ1) is 4.62. The molecule has 0 unspecified atom stereocenters. The lowest BCUT2D eigenvalue weighted by Crippen LogP contribution is -2.18. The molecule has 0 rings (SSSR count). The monoisotopic (exact) mass is 142 g/mol. The Morgan fingerprint density at radius 3 is 2.50 bits per heavy atom. The summed E-state index contributed by atoms with van der Waals surface area (Å²) in [7, 11) is 1.64. The number of aldehydes is 1.